The van der Waals surface area contributed by atoms with Crippen LogP contribution in [-0.2, 0) is 23.9 Å². The lowest BCUT2D eigenvalue weighted by Crippen LogP contribution is -2.34. The number of aliphatic hydroxyl groups is 1. The molecule has 0 aliphatic carbocycles. The van der Waals surface area contributed by atoms with Gasteiger partial charge < -0.3 is 15.0 Å². The van der Waals surface area contributed by atoms with E-state index in [2.05, 4.69) is 10.3 Å². The normalized spacial score (nSPS) is 21.3. The number of nitrogens with one attached hydrogen (secondary N) is 1. The average molecular weight is 257 g/mol. The van der Waals surface area contributed by atoms with E-state index in [1.165, 1.54) is 0 Å². The van der Waals surface area contributed by atoms with Crippen LogP contribution >= 0.6 is 0 Å². The molecular weight excluding hydrogens is 242 g/mol. The van der Waals surface area contributed by atoms with Gasteiger partial charge >= 0.3 is 0 Å². The van der Waals surface area contributed by atoms with E-state index >= 15 is 0 Å². The third-order valence-corrected chi connectivity index (χ3v) is 3.63. The summed E-state index contributed by atoms with van der Waals surface area (Å²) in [7, 11) is 1.90. The molecule has 3 rings (SSSR count). The molecule has 2 heterocycles. The smallest absolute Gasteiger partial charge is 0.261 e. The third kappa shape index (κ3) is 1.82. The number of nitrogens with zero attached hydrogens (tertiary/aromatic N) is 2. The first-order chi connectivity index (χ1) is 9.11. The lowest BCUT2D eigenvalue weighted by atomic mass is 9.90. The second-order valence-electron chi connectivity index (χ2n) is 4.81. The number of hydrogen-bond donors (Lipinski definition) is 2. The van der Waals surface area contributed by atoms with E-state index in [0.29, 0.717) is 24.1 Å². The number of anilines is 1. The van der Waals surface area contributed by atoms with E-state index in [1.54, 1.807) is 18.3 Å². The van der Waals surface area contributed by atoms with Crippen molar-refractivity contribution in [3.8, 4) is 0 Å². The maximum atomic E-state index is 12.0. The zero-order valence-corrected chi connectivity index (χ0v) is 10.6. The van der Waals surface area contributed by atoms with E-state index in [4.69, 9.17) is 0 Å². The van der Waals surface area contributed by atoms with Crippen molar-refractivity contribution in [2.24, 2.45) is 7.05 Å². The van der Waals surface area contributed by atoms with Crippen LogP contribution in [0.3, 0.4) is 0 Å². The summed E-state index contributed by atoms with van der Waals surface area (Å²) >= 11 is 0. The molecule has 1 atom stereocenters. The second-order valence-corrected chi connectivity index (χ2v) is 4.81. The Hall–Kier alpha value is -2.14. The van der Waals surface area contributed by atoms with Crippen molar-refractivity contribution >= 4 is 11.6 Å². The molecule has 1 unspecified atom stereocenters. The monoisotopic (exact) mass is 257 g/mol. The molecule has 0 bridgehead atoms. The summed E-state index contributed by atoms with van der Waals surface area (Å²) in [6, 6.07) is 7.24. The molecule has 0 spiro atoms. The quantitative estimate of drug-likeness (QED) is 0.868. The summed E-state index contributed by atoms with van der Waals surface area (Å²) < 4.78 is 1.89. The summed E-state index contributed by atoms with van der Waals surface area (Å²) in [5, 5.41) is 13.4. The van der Waals surface area contributed by atoms with Crippen LogP contribution in [0.2, 0.25) is 0 Å². The first kappa shape index (κ1) is 11.9. The molecule has 0 radical (unpaired) electrons. The molecule has 5 nitrogen and oxygen atoms in total. The van der Waals surface area contributed by atoms with Crippen molar-refractivity contribution in [2.75, 3.05) is 5.32 Å². The van der Waals surface area contributed by atoms with Crippen LogP contribution in [0.5, 0.6) is 0 Å². The lowest BCUT2D eigenvalue weighted by Gasteiger charge is -2.20. The molecule has 1 amide bonds. The summed E-state index contributed by atoms with van der Waals surface area (Å²) in [6.07, 6.45) is 4.42. The zero-order chi connectivity index (χ0) is 13.5. The summed E-state index contributed by atoms with van der Waals surface area (Å²) in [5.41, 5.74) is -0.119. The Morgan fingerprint density at radius 3 is 2.95 bits per heavy atom. The number of aromatic nitrogens is 2. The second kappa shape index (κ2) is 4.20. The number of carbonyl (C=O) groups is 1. The Balaban J connectivity index is 1.87. The van der Waals surface area contributed by atoms with Gasteiger partial charge in [-0.1, -0.05) is 18.2 Å². The molecule has 1 aromatic carbocycles. The van der Waals surface area contributed by atoms with Crippen LogP contribution in [-0.4, -0.2) is 20.6 Å². The molecular formula is C14H15N3O2. The Kier molecular flexibility index (Phi) is 2.64. The van der Waals surface area contributed by atoms with Crippen molar-refractivity contribution < 1.29 is 9.90 Å². The van der Waals surface area contributed by atoms with Gasteiger partial charge in [-0.15, -0.1) is 0 Å². The van der Waals surface area contributed by atoms with Crippen LogP contribution < -0.4 is 5.32 Å². The summed E-state index contributed by atoms with van der Waals surface area (Å²) in [5.74, 6) is 0.494. The number of aryl methyl sites for hydroxylation is 2. The van der Waals surface area contributed by atoms with E-state index in [0.717, 1.165) is 5.82 Å². The van der Waals surface area contributed by atoms with Crippen molar-refractivity contribution in [3.63, 3.8) is 0 Å². The van der Waals surface area contributed by atoms with Gasteiger partial charge in [-0.2, -0.15) is 0 Å². The number of fused-ring (bicyclic) bond motifs is 1. The minimum absolute atomic E-state index is 0.320. The predicted octanol–water partition coefficient (Wildman–Crippen LogP) is 1.19. The number of imidazole rings is 1. The standard InChI is InChI=1S/C14H15N3O2/c1-17-9-8-15-12(17)6-7-14(19)10-4-2-3-5-11(10)16-13(14)18/h2-5,8-9,19H,6-7H2,1H3,(H,16,18). The molecule has 5 heteroatoms. The topological polar surface area (TPSA) is 67.1 Å². The van der Waals surface area contributed by atoms with Crippen molar-refractivity contribution in [3.05, 3.63) is 48.0 Å². The number of para-hydroxylation sites is 1. The van der Waals surface area contributed by atoms with Gasteiger partial charge in [0.05, 0.1) is 0 Å². The van der Waals surface area contributed by atoms with Gasteiger partial charge in [0, 0.05) is 37.1 Å². The third-order valence-electron chi connectivity index (χ3n) is 3.63. The number of carbonyl (C=O) groups excluding carboxylic acids is 1. The van der Waals surface area contributed by atoms with Gasteiger partial charge in [0.2, 0.25) is 0 Å². The molecule has 98 valence electrons. The van der Waals surface area contributed by atoms with Crippen molar-refractivity contribution in [1.29, 1.82) is 0 Å². The number of amides is 1. The molecule has 19 heavy (non-hydrogen) atoms. The Morgan fingerprint density at radius 1 is 1.42 bits per heavy atom. The SMILES string of the molecule is Cn1ccnc1CCC1(O)C(=O)Nc2ccccc21. The van der Waals surface area contributed by atoms with Crippen LogP contribution in [0.4, 0.5) is 5.69 Å². The molecule has 1 aliphatic rings. The lowest BCUT2D eigenvalue weighted by molar-refractivity contribution is -0.134. The molecule has 0 saturated heterocycles. The van der Waals surface area contributed by atoms with Crippen LogP contribution in [0.15, 0.2) is 36.7 Å². The average Bonchev–Trinajstić information content (AvgIpc) is 2.91. The highest BCUT2D eigenvalue weighted by molar-refractivity contribution is 6.04. The molecule has 0 fully saturated rings. The Labute approximate surface area is 110 Å². The minimum Gasteiger partial charge on any atom is -0.375 e. The van der Waals surface area contributed by atoms with E-state index in [1.807, 2.05) is 29.9 Å². The highest BCUT2D eigenvalue weighted by atomic mass is 16.3. The van der Waals surface area contributed by atoms with Gasteiger partial charge in [0.25, 0.3) is 5.91 Å². The van der Waals surface area contributed by atoms with Crippen molar-refractivity contribution in [1.82, 2.24) is 9.55 Å². The number of benzene rings is 1. The fourth-order valence-electron chi connectivity index (χ4n) is 2.48. The minimum atomic E-state index is -1.46. The highest BCUT2D eigenvalue weighted by Crippen LogP contribution is 2.38. The van der Waals surface area contributed by atoms with E-state index in [-0.39, 0.29) is 5.91 Å². The molecule has 2 N–H and O–H groups in total. The molecule has 1 aromatic heterocycles. The first-order valence-corrected chi connectivity index (χ1v) is 6.21. The number of hydrogen-bond acceptors (Lipinski definition) is 3. The number of rotatable bonds is 3. The predicted molar refractivity (Wildman–Crippen MR) is 70.5 cm³/mol. The van der Waals surface area contributed by atoms with Crippen LogP contribution in [0.25, 0.3) is 0 Å². The first-order valence-electron chi connectivity index (χ1n) is 6.21. The van der Waals surface area contributed by atoms with Crippen LogP contribution in [0, 0.1) is 0 Å². The Bertz CT molecular complexity index is 635. The molecule has 2 aromatic rings. The van der Waals surface area contributed by atoms with Gasteiger partial charge in [-0.25, -0.2) is 4.98 Å². The fraction of sp³-hybridized carbons (Fsp3) is 0.286. The maximum Gasteiger partial charge on any atom is 0.261 e. The van der Waals surface area contributed by atoms with Crippen LogP contribution in [0.1, 0.15) is 17.8 Å². The molecule has 1 aliphatic heterocycles. The van der Waals surface area contributed by atoms with E-state index in [9.17, 15) is 9.90 Å². The maximum absolute atomic E-state index is 12.0. The summed E-state index contributed by atoms with van der Waals surface area (Å²) in [6.45, 7) is 0. The van der Waals surface area contributed by atoms with Gasteiger partial charge in [-0.3, -0.25) is 4.79 Å². The summed E-state index contributed by atoms with van der Waals surface area (Å²) in [4.78, 5) is 16.2. The Morgan fingerprint density at radius 2 is 2.21 bits per heavy atom. The largest absolute Gasteiger partial charge is 0.375 e. The van der Waals surface area contributed by atoms with Gasteiger partial charge in [-0.05, 0) is 12.5 Å². The van der Waals surface area contributed by atoms with Gasteiger partial charge in [0.15, 0.2) is 5.60 Å². The molecule has 0 saturated carbocycles. The van der Waals surface area contributed by atoms with E-state index < -0.39 is 5.60 Å². The van der Waals surface area contributed by atoms with Crippen molar-refractivity contribution in [2.45, 2.75) is 18.4 Å². The highest BCUT2D eigenvalue weighted by Gasteiger charge is 2.44. The van der Waals surface area contributed by atoms with Gasteiger partial charge in [0.1, 0.15) is 5.82 Å². The zero-order valence-electron chi connectivity index (χ0n) is 10.6. The fourth-order valence-corrected chi connectivity index (χ4v) is 2.48.